The van der Waals surface area contributed by atoms with Gasteiger partial charge in [0.1, 0.15) is 5.82 Å². The first kappa shape index (κ1) is 15.0. The monoisotopic (exact) mass is 310 g/mol. The zero-order chi connectivity index (χ0) is 16.2. The van der Waals surface area contributed by atoms with Gasteiger partial charge in [0.2, 0.25) is 0 Å². The van der Waals surface area contributed by atoms with Gasteiger partial charge in [0, 0.05) is 6.07 Å². The Bertz CT molecular complexity index is 815. The van der Waals surface area contributed by atoms with Crippen LogP contribution in [0.2, 0.25) is 0 Å². The van der Waals surface area contributed by atoms with Crippen LogP contribution in [-0.4, -0.2) is 11.1 Å². The summed E-state index contributed by atoms with van der Waals surface area (Å²) in [5.41, 5.74) is 1.37. The lowest BCUT2D eigenvalue weighted by atomic mass is 10.1. The lowest BCUT2D eigenvalue weighted by molar-refractivity contribution is 0.0931. The number of nitrogens with zero attached hydrogens (tertiary/aromatic N) is 1. The Morgan fingerprint density at radius 1 is 1.13 bits per heavy atom. The number of carbonyl (C=O) groups excluding carboxylic acids is 1. The van der Waals surface area contributed by atoms with E-state index in [1.54, 1.807) is 18.2 Å². The third-order valence-corrected chi connectivity index (χ3v) is 3.53. The van der Waals surface area contributed by atoms with Crippen molar-refractivity contribution in [3.05, 3.63) is 77.7 Å². The van der Waals surface area contributed by atoms with Gasteiger partial charge in [0.25, 0.3) is 5.91 Å². The maximum atomic E-state index is 13.7. The summed E-state index contributed by atoms with van der Waals surface area (Å²) in [4.78, 5) is 12.2. The molecule has 0 unspecified atom stereocenters. The largest absolute Gasteiger partial charge is 0.355 e. The topological polar surface area (TPSA) is 55.1 Å². The van der Waals surface area contributed by atoms with Crippen LogP contribution in [0.15, 0.2) is 65.2 Å². The van der Waals surface area contributed by atoms with Crippen LogP contribution < -0.4 is 5.32 Å². The van der Waals surface area contributed by atoms with Crippen LogP contribution in [0.5, 0.6) is 0 Å². The highest BCUT2D eigenvalue weighted by Gasteiger charge is 2.17. The lowest BCUT2D eigenvalue weighted by Gasteiger charge is -2.12. The van der Waals surface area contributed by atoms with Crippen LogP contribution in [0, 0.1) is 5.82 Å². The fourth-order valence-corrected chi connectivity index (χ4v) is 2.27. The lowest BCUT2D eigenvalue weighted by Crippen LogP contribution is -2.26. The number of amides is 1. The highest BCUT2D eigenvalue weighted by atomic mass is 19.1. The number of hydrogen-bond acceptors (Lipinski definition) is 3. The molecule has 0 spiro atoms. The standard InChI is InChI=1S/C18H15FN2O2/c1-12(13-7-3-2-4-8-13)20-18(22)16-11-17(23-21-16)14-9-5-6-10-15(14)19/h2-12H,1H3,(H,20,22)/t12-/m1/s1. The number of benzene rings is 2. The fourth-order valence-electron chi connectivity index (χ4n) is 2.27. The first-order chi connectivity index (χ1) is 11.1. The van der Waals surface area contributed by atoms with Gasteiger partial charge >= 0.3 is 0 Å². The van der Waals surface area contributed by atoms with E-state index in [0.717, 1.165) is 5.56 Å². The average molecular weight is 310 g/mol. The first-order valence-electron chi connectivity index (χ1n) is 7.22. The van der Waals surface area contributed by atoms with Gasteiger partial charge in [-0.3, -0.25) is 4.79 Å². The van der Waals surface area contributed by atoms with E-state index in [2.05, 4.69) is 10.5 Å². The van der Waals surface area contributed by atoms with Crippen LogP contribution in [0.1, 0.15) is 29.0 Å². The Kier molecular flexibility index (Phi) is 4.19. The van der Waals surface area contributed by atoms with Crippen molar-refractivity contribution in [1.82, 2.24) is 10.5 Å². The Morgan fingerprint density at radius 3 is 2.57 bits per heavy atom. The summed E-state index contributed by atoms with van der Waals surface area (Å²) in [6, 6.07) is 17.0. The Balaban J connectivity index is 1.75. The highest BCUT2D eigenvalue weighted by Crippen LogP contribution is 2.23. The Labute approximate surface area is 132 Å². The molecule has 23 heavy (non-hydrogen) atoms. The van der Waals surface area contributed by atoms with Crippen molar-refractivity contribution >= 4 is 5.91 Å². The minimum absolute atomic E-state index is 0.117. The van der Waals surface area contributed by atoms with E-state index in [0.29, 0.717) is 0 Å². The smallest absolute Gasteiger partial charge is 0.273 e. The van der Waals surface area contributed by atoms with Crippen molar-refractivity contribution in [2.24, 2.45) is 0 Å². The van der Waals surface area contributed by atoms with Crippen molar-refractivity contribution in [1.29, 1.82) is 0 Å². The van der Waals surface area contributed by atoms with Crippen molar-refractivity contribution in [2.75, 3.05) is 0 Å². The summed E-state index contributed by atoms with van der Waals surface area (Å²) in [7, 11) is 0. The molecule has 0 saturated carbocycles. The van der Waals surface area contributed by atoms with Crippen molar-refractivity contribution in [3.8, 4) is 11.3 Å². The third-order valence-electron chi connectivity index (χ3n) is 3.53. The van der Waals surface area contributed by atoms with Gasteiger partial charge in [-0.15, -0.1) is 0 Å². The normalized spacial score (nSPS) is 11.9. The molecule has 2 aromatic carbocycles. The minimum atomic E-state index is -0.423. The predicted molar refractivity (Wildman–Crippen MR) is 84.2 cm³/mol. The summed E-state index contributed by atoms with van der Waals surface area (Å²) in [6.07, 6.45) is 0. The van der Waals surface area contributed by atoms with E-state index in [1.165, 1.54) is 12.1 Å². The van der Waals surface area contributed by atoms with Gasteiger partial charge in [-0.25, -0.2) is 4.39 Å². The molecule has 1 amide bonds. The number of hydrogen-bond donors (Lipinski definition) is 1. The van der Waals surface area contributed by atoms with E-state index < -0.39 is 5.82 Å². The highest BCUT2D eigenvalue weighted by molar-refractivity contribution is 5.93. The number of carbonyl (C=O) groups is 1. The Hall–Kier alpha value is -2.95. The predicted octanol–water partition coefficient (Wildman–Crippen LogP) is 3.97. The van der Waals surface area contributed by atoms with Crippen LogP contribution >= 0.6 is 0 Å². The zero-order valence-corrected chi connectivity index (χ0v) is 12.5. The van der Waals surface area contributed by atoms with Gasteiger partial charge in [0.15, 0.2) is 11.5 Å². The summed E-state index contributed by atoms with van der Waals surface area (Å²) in [6.45, 7) is 1.88. The molecule has 1 N–H and O–H groups in total. The minimum Gasteiger partial charge on any atom is -0.355 e. The first-order valence-corrected chi connectivity index (χ1v) is 7.22. The van der Waals surface area contributed by atoms with E-state index in [1.807, 2.05) is 37.3 Å². The number of nitrogens with one attached hydrogen (secondary N) is 1. The second-order valence-corrected chi connectivity index (χ2v) is 5.16. The Morgan fingerprint density at radius 2 is 1.83 bits per heavy atom. The quantitative estimate of drug-likeness (QED) is 0.793. The molecule has 0 radical (unpaired) electrons. The van der Waals surface area contributed by atoms with E-state index in [9.17, 15) is 9.18 Å². The number of aromatic nitrogens is 1. The number of halogens is 1. The third kappa shape index (κ3) is 3.29. The maximum absolute atomic E-state index is 13.7. The zero-order valence-electron chi connectivity index (χ0n) is 12.5. The van der Waals surface area contributed by atoms with Crippen molar-refractivity contribution in [2.45, 2.75) is 13.0 Å². The molecule has 3 rings (SSSR count). The second-order valence-electron chi connectivity index (χ2n) is 5.16. The van der Waals surface area contributed by atoms with Crippen LogP contribution in [0.3, 0.4) is 0 Å². The molecule has 0 aliphatic heterocycles. The van der Waals surface area contributed by atoms with Gasteiger partial charge < -0.3 is 9.84 Å². The molecular formula is C18H15FN2O2. The molecule has 0 aliphatic carbocycles. The van der Waals surface area contributed by atoms with Crippen LogP contribution in [0.25, 0.3) is 11.3 Å². The molecule has 0 aliphatic rings. The van der Waals surface area contributed by atoms with Crippen LogP contribution in [-0.2, 0) is 0 Å². The molecule has 1 aromatic heterocycles. The average Bonchev–Trinajstić information content (AvgIpc) is 3.06. The molecule has 0 saturated heterocycles. The maximum Gasteiger partial charge on any atom is 0.273 e. The molecule has 116 valence electrons. The number of rotatable bonds is 4. The molecule has 1 heterocycles. The molecule has 3 aromatic rings. The fraction of sp³-hybridized carbons (Fsp3) is 0.111. The van der Waals surface area contributed by atoms with Gasteiger partial charge in [-0.2, -0.15) is 0 Å². The van der Waals surface area contributed by atoms with Gasteiger partial charge in [0.05, 0.1) is 11.6 Å². The second kappa shape index (κ2) is 6.44. The molecular weight excluding hydrogens is 295 g/mol. The molecule has 0 bridgehead atoms. The van der Waals surface area contributed by atoms with Crippen molar-refractivity contribution < 1.29 is 13.7 Å². The van der Waals surface area contributed by atoms with E-state index in [4.69, 9.17) is 4.52 Å². The van der Waals surface area contributed by atoms with E-state index in [-0.39, 0.29) is 29.0 Å². The van der Waals surface area contributed by atoms with Gasteiger partial charge in [-0.1, -0.05) is 47.6 Å². The van der Waals surface area contributed by atoms with Gasteiger partial charge in [-0.05, 0) is 24.6 Å². The molecule has 4 nitrogen and oxygen atoms in total. The summed E-state index contributed by atoms with van der Waals surface area (Å²) in [5, 5.41) is 6.56. The van der Waals surface area contributed by atoms with E-state index >= 15 is 0 Å². The van der Waals surface area contributed by atoms with Crippen LogP contribution in [0.4, 0.5) is 4.39 Å². The summed E-state index contributed by atoms with van der Waals surface area (Å²) < 4.78 is 18.8. The van der Waals surface area contributed by atoms with Crippen molar-refractivity contribution in [3.63, 3.8) is 0 Å². The molecule has 5 heteroatoms. The summed E-state index contributed by atoms with van der Waals surface area (Å²) in [5.74, 6) is -0.568. The summed E-state index contributed by atoms with van der Waals surface area (Å²) >= 11 is 0. The molecule has 1 atom stereocenters. The SMILES string of the molecule is C[C@@H](NC(=O)c1cc(-c2ccccc2F)on1)c1ccccc1. The molecule has 0 fully saturated rings.